The summed E-state index contributed by atoms with van der Waals surface area (Å²) in [6.45, 7) is 7.74. The number of hydrogen-bond donors (Lipinski definition) is 1. The van der Waals surface area contributed by atoms with Crippen molar-refractivity contribution in [2.75, 3.05) is 11.4 Å². The van der Waals surface area contributed by atoms with Crippen molar-refractivity contribution in [1.82, 2.24) is 4.90 Å². The standard InChI is InChI=1S/C18H20N4O2/c1-5-21-13-9-7-6-8-11(13)18(15(21)23)12(10-19)14(20)22(16(18)24)17(2,3)4/h6-9H,5,20H2,1-4H3. The second-order valence-electron chi connectivity index (χ2n) is 7.00. The molecular weight excluding hydrogens is 304 g/mol. The third-order valence-corrected chi connectivity index (χ3v) is 4.66. The highest BCUT2D eigenvalue weighted by Crippen LogP contribution is 2.52. The maximum atomic E-state index is 13.4. The summed E-state index contributed by atoms with van der Waals surface area (Å²) in [4.78, 5) is 29.6. The van der Waals surface area contributed by atoms with Crippen molar-refractivity contribution >= 4 is 17.5 Å². The van der Waals surface area contributed by atoms with Crippen LogP contribution in [0.3, 0.4) is 0 Å². The van der Waals surface area contributed by atoms with Crippen LogP contribution in [0.1, 0.15) is 33.3 Å². The van der Waals surface area contributed by atoms with Crippen molar-refractivity contribution in [3.8, 4) is 6.07 Å². The van der Waals surface area contributed by atoms with Gasteiger partial charge in [-0.25, -0.2) is 0 Å². The molecule has 24 heavy (non-hydrogen) atoms. The van der Waals surface area contributed by atoms with E-state index in [2.05, 4.69) is 0 Å². The summed E-state index contributed by atoms with van der Waals surface area (Å²) in [6, 6.07) is 9.15. The fourth-order valence-electron chi connectivity index (χ4n) is 3.71. The third kappa shape index (κ3) is 1.64. The maximum absolute atomic E-state index is 13.4. The fraction of sp³-hybridized carbons (Fsp3) is 0.389. The molecule has 2 aliphatic rings. The second kappa shape index (κ2) is 4.84. The van der Waals surface area contributed by atoms with E-state index in [1.54, 1.807) is 23.1 Å². The molecule has 0 saturated carbocycles. The van der Waals surface area contributed by atoms with Crippen LogP contribution in [0.4, 0.5) is 5.69 Å². The first-order valence-corrected chi connectivity index (χ1v) is 7.89. The van der Waals surface area contributed by atoms with Gasteiger partial charge in [-0.1, -0.05) is 18.2 Å². The zero-order chi connectivity index (χ0) is 17.9. The average molecular weight is 324 g/mol. The van der Waals surface area contributed by atoms with Crippen molar-refractivity contribution in [1.29, 1.82) is 5.26 Å². The topological polar surface area (TPSA) is 90.4 Å². The van der Waals surface area contributed by atoms with Crippen LogP contribution in [0.25, 0.3) is 0 Å². The van der Waals surface area contributed by atoms with Gasteiger partial charge >= 0.3 is 0 Å². The van der Waals surface area contributed by atoms with Crippen LogP contribution in [0.2, 0.25) is 0 Å². The molecule has 1 aromatic rings. The molecule has 0 aliphatic carbocycles. The minimum Gasteiger partial charge on any atom is -0.384 e. The second-order valence-corrected chi connectivity index (χ2v) is 7.00. The Kier molecular flexibility index (Phi) is 3.24. The number of nitrogens with two attached hydrogens (primary N) is 1. The Morgan fingerprint density at radius 2 is 1.83 bits per heavy atom. The molecule has 1 spiro atoms. The van der Waals surface area contributed by atoms with Gasteiger partial charge in [0.25, 0.3) is 11.8 Å². The van der Waals surface area contributed by atoms with E-state index in [0.29, 0.717) is 17.8 Å². The number of rotatable bonds is 1. The summed E-state index contributed by atoms with van der Waals surface area (Å²) in [5, 5.41) is 9.73. The number of para-hydroxylation sites is 1. The molecule has 0 fully saturated rings. The minimum absolute atomic E-state index is 0.0239. The first kappa shape index (κ1) is 16.1. The largest absolute Gasteiger partial charge is 0.384 e. The molecule has 3 rings (SSSR count). The van der Waals surface area contributed by atoms with Gasteiger partial charge < -0.3 is 10.6 Å². The van der Waals surface area contributed by atoms with Crippen molar-refractivity contribution in [3.63, 3.8) is 0 Å². The summed E-state index contributed by atoms with van der Waals surface area (Å²) in [7, 11) is 0. The molecule has 6 nitrogen and oxygen atoms in total. The van der Waals surface area contributed by atoms with Gasteiger partial charge in [0, 0.05) is 23.3 Å². The van der Waals surface area contributed by atoms with Gasteiger partial charge in [-0.05, 0) is 33.8 Å². The lowest BCUT2D eigenvalue weighted by atomic mass is 9.76. The summed E-state index contributed by atoms with van der Waals surface area (Å²) in [5.74, 6) is -0.781. The Labute approximate surface area is 141 Å². The Morgan fingerprint density at radius 1 is 1.21 bits per heavy atom. The Bertz CT molecular complexity index is 828. The number of likely N-dealkylation sites (N-methyl/N-ethyl adjacent to an activating group) is 1. The molecule has 124 valence electrons. The van der Waals surface area contributed by atoms with Crippen LogP contribution in [-0.2, 0) is 15.0 Å². The third-order valence-electron chi connectivity index (χ3n) is 4.66. The average Bonchev–Trinajstić information content (AvgIpc) is 2.90. The summed E-state index contributed by atoms with van der Waals surface area (Å²) in [5.41, 5.74) is 5.09. The van der Waals surface area contributed by atoms with Crippen LogP contribution >= 0.6 is 0 Å². The van der Waals surface area contributed by atoms with Crippen LogP contribution in [0.15, 0.2) is 35.7 Å². The predicted octanol–water partition coefficient (Wildman–Crippen LogP) is 1.63. The van der Waals surface area contributed by atoms with E-state index < -0.39 is 22.8 Å². The number of carbonyl (C=O) groups excluding carboxylic acids is 2. The molecule has 2 heterocycles. The van der Waals surface area contributed by atoms with Crippen LogP contribution < -0.4 is 10.6 Å². The zero-order valence-electron chi connectivity index (χ0n) is 14.3. The van der Waals surface area contributed by atoms with Crippen molar-refractivity contribution in [3.05, 3.63) is 41.2 Å². The van der Waals surface area contributed by atoms with E-state index in [4.69, 9.17) is 5.73 Å². The highest BCUT2D eigenvalue weighted by atomic mass is 16.2. The van der Waals surface area contributed by atoms with E-state index in [1.165, 1.54) is 4.90 Å². The number of benzene rings is 1. The lowest BCUT2D eigenvalue weighted by molar-refractivity contribution is -0.140. The monoisotopic (exact) mass is 324 g/mol. The molecule has 0 saturated heterocycles. The van der Waals surface area contributed by atoms with Gasteiger partial charge in [0.1, 0.15) is 11.9 Å². The van der Waals surface area contributed by atoms with E-state index in [1.807, 2.05) is 39.8 Å². The number of nitrogens with zero attached hydrogens (tertiary/aromatic N) is 3. The Hall–Kier alpha value is -2.81. The van der Waals surface area contributed by atoms with E-state index in [-0.39, 0.29) is 11.4 Å². The molecule has 1 aromatic carbocycles. The Balaban J connectivity index is 2.37. The summed E-state index contributed by atoms with van der Waals surface area (Å²) in [6.07, 6.45) is 0. The Morgan fingerprint density at radius 3 is 2.38 bits per heavy atom. The number of fused-ring (bicyclic) bond motifs is 2. The van der Waals surface area contributed by atoms with Crippen LogP contribution in [-0.4, -0.2) is 28.8 Å². The molecule has 0 bridgehead atoms. The SMILES string of the molecule is CCN1C(=O)C2(C(=O)N(C(C)(C)C)C(N)=C2C#N)c2ccccc21. The van der Waals surface area contributed by atoms with Crippen LogP contribution in [0, 0.1) is 11.3 Å². The smallest absolute Gasteiger partial charge is 0.254 e. The molecule has 0 aromatic heterocycles. The molecular formula is C18H20N4O2. The normalized spacial score (nSPS) is 23.3. The molecule has 1 atom stereocenters. The van der Waals surface area contributed by atoms with Gasteiger partial charge in [0.05, 0.1) is 5.57 Å². The predicted molar refractivity (Wildman–Crippen MR) is 89.6 cm³/mol. The first-order chi connectivity index (χ1) is 11.2. The van der Waals surface area contributed by atoms with Crippen molar-refractivity contribution < 1.29 is 9.59 Å². The van der Waals surface area contributed by atoms with Gasteiger partial charge in [-0.15, -0.1) is 0 Å². The number of carbonyl (C=O) groups is 2. The fourth-order valence-corrected chi connectivity index (χ4v) is 3.71. The summed E-state index contributed by atoms with van der Waals surface area (Å²) < 4.78 is 0. The highest BCUT2D eigenvalue weighted by molar-refractivity contribution is 6.26. The van der Waals surface area contributed by atoms with Crippen molar-refractivity contribution in [2.45, 2.75) is 38.6 Å². The van der Waals surface area contributed by atoms with E-state index in [0.717, 1.165) is 0 Å². The highest BCUT2D eigenvalue weighted by Gasteiger charge is 2.66. The zero-order valence-corrected chi connectivity index (χ0v) is 14.3. The van der Waals surface area contributed by atoms with Gasteiger partial charge in [0.15, 0.2) is 5.41 Å². The minimum atomic E-state index is -1.65. The molecule has 6 heteroatoms. The molecule has 2 aliphatic heterocycles. The van der Waals surface area contributed by atoms with Gasteiger partial charge in [-0.3, -0.25) is 14.5 Å². The van der Waals surface area contributed by atoms with E-state index in [9.17, 15) is 14.9 Å². The van der Waals surface area contributed by atoms with Crippen molar-refractivity contribution in [2.24, 2.45) is 5.73 Å². The summed E-state index contributed by atoms with van der Waals surface area (Å²) >= 11 is 0. The molecule has 1 unspecified atom stereocenters. The van der Waals surface area contributed by atoms with Gasteiger partial charge in [-0.2, -0.15) is 5.26 Å². The number of amides is 2. The quantitative estimate of drug-likeness (QED) is 0.795. The lowest BCUT2D eigenvalue weighted by Gasteiger charge is -2.34. The number of nitriles is 1. The van der Waals surface area contributed by atoms with Crippen LogP contribution in [0.5, 0.6) is 0 Å². The van der Waals surface area contributed by atoms with E-state index >= 15 is 0 Å². The maximum Gasteiger partial charge on any atom is 0.254 e. The lowest BCUT2D eigenvalue weighted by Crippen LogP contribution is -2.53. The molecule has 2 amide bonds. The first-order valence-electron chi connectivity index (χ1n) is 7.89. The molecule has 0 radical (unpaired) electrons. The number of hydrogen-bond acceptors (Lipinski definition) is 4. The van der Waals surface area contributed by atoms with Gasteiger partial charge in [0.2, 0.25) is 0 Å². The molecule has 2 N–H and O–H groups in total. The number of anilines is 1.